The number of nitrogens with one attached hydrogen (secondary N) is 2. The van der Waals surface area contributed by atoms with Gasteiger partial charge < -0.3 is 15.7 Å². The molecule has 12 heteroatoms. The van der Waals surface area contributed by atoms with Gasteiger partial charge in [0, 0.05) is 51.0 Å². The highest BCUT2D eigenvalue weighted by molar-refractivity contribution is 5.91. The number of aliphatic hydroxyl groups excluding tert-OH is 1. The van der Waals surface area contributed by atoms with Crippen molar-refractivity contribution in [1.29, 1.82) is 0 Å². The number of benzene rings is 1. The van der Waals surface area contributed by atoms with Crippen molar-refractivity contribution in [2.24, 2.45) is 0 Å². The van der Waals surface area contributed by atoms with Gasteiger partial charge in [-0.05, 0) is 31.2 Å². The van der Waals surface area contributed by atoms with Crippen LogP contribution in [0.3, 0.4) is 0 Å². The van der Waals surface area contributed by atoms with Crippen LogP contribution in [-0.2, 0) is 6.54 Å². The zero-order chi connectivity index (χ0) is 25.1. The van der Waals surface area contributed by atoms with Gasteiger partial charge in [0.2, 0.25) is 5.95 Å². The molecule has 5 rings (SSSR count). The Labute approximate surface area is 220 Å². The van der Waals surface area contributed by atoms with Gasteiger partial charge in [0.25, 0.3) is 0 Å². The Morgan fingerprint density at radius 2 is 1.76 bits per heavy atom. The van der Waals surface area contributed by atoms with Crippen LogP contribution in [0.25, 0.3) is 22.3 Å². The number of anilines is 1. The molecule has 1 saturated heterocycles. The lowest BCUT2D eigenvalue weighted by Gasteiger charge is -2.27. The highest BCUT2D eigenvalue weighted by atomic mass is 35.5. The van der Waals surface area contributed by atoms with Crippen molar-refractivity contribution in [3.05, 3.63) is 36.0 Å². The summed E-state index contributed by atoms with van der Waals surface area (Å²) in [6.07, 6.45) is -0.966. The van der Waals surface area contributed by atoms with Gasteiger partial charge in [-0.25, -0.2) is 9.67 Å². The van der Waals surface area contributed by atoms with E-state index < -0.39 is 12.6 Å². The first-order valence-electron chi connectivity index (χ1n) is 12.6. The first-order chi connectivity index (χ1) is 17.4. The second-order valence-electron chi connectivity index (χ2n) is 9.70. The van der Waals surface area contributed by atoms with Gasteiger partial charge in [-0.1, -0.05) is 24.3 Å². The molecule has 1 aromatic carbocycles. The van der Waals surface area contributed by atoms with E-state index in [-0.39, 0.29) is 37.0 Å². The standard InChI is InChI=1S/C25H32F3N7O.ClH/c26-25(27,28)9-10-30-24-31-15-21-22(33-35(23(21)32-24)19-5-7-20(36)8-6-19)18-3-1-17(2-4-18)16-34-13-11-29-12-14-34;/h1-4,15,19-20,29,36H,5-14,16H2,(H,30,31,32);1H. The molecule has 3 N–H and O–H groups in total. The predicted molar refractivity (Wildman–Crippen MR) is 139 cm³/mol. The maximum atomic E-state index is 12.6. The van der Waals surface area contributed by atoms with E-state index in [1.54, 1.807) is 6.20 Å². The highest BCUT2D eigenvalue weighted by Gasteiger charge is 2.27. The van der Waals surface area contributed by atoms with Crippen molar-refractivity contribution in [1.82, 2.24) is 30.0 Å². The first kappa shape index (κ1) is 27.6. The van der Waals surface area contributed by atoms with Crippen molar-refractivity contribution in [3.8, 4) is 11.3 Å². The molecule has 0 atom stereocenters. The molecule has 0 bridgehead atoms. The van der Waals surface area contributed by atoms with Gasteiger partial charge in [0.15, 0.2) is 5.65 Å². The molecule has 3 aromatic rings. The lowest BCUT2D eigenvalue weighted by molar-refractivity contribution is -0.131. The number of alkyl halides is 3. The minimum Gasteiger partial charge on any atom is -0.393 e. The SMILES string of the molecule is Cl.OC1CCC(n2nc(-c3ccc(CN4CCNCC4)cc3)c3cnc(NCCC(F)(F)F)nc32)CC1. The van der Waals surface area contributed by atoms with Crippen LogP contribution < -0.4 is 10.6 Å². The van der Waals surface area contributed by atoms with E-state index in [4.69, 9.17) is 5.10 Å². The van der Waals surface area contributed by atoms with E-state index >= 15 is 0 Å². The van der Waals surface area contributed by atoms with Gasteiger partial charge >= 0.3 is 6.18 Å². The molecule has 37 heavy (non-hydrogen) atoms. The van der Waals surface area contributed by atoms with Gasteiger partial charge in [0.1, 0.15) is 5.69 Å². The van der Waals surface area contributed by atoms with E-state index in [0.29, 0.717) is 18.5 Å². The van der Waals surface area contributed by atoms with Crippen LogP contribution >= 0.6 is 12.4 Å². The second kappa shape index (κ2) is 11.9. The topological polar surface area (TPSA) is 91.1 Å². The average molecular weight is 540 g/mol. The summed E-state index contributed by atoms with van der Waals surface area (Å²) in [7, 11) is 0. The Balaban J connectivity index is 0.00000320. The molecule has 0 radical (unpaired) electrons. The number of nitrogens with zero attached hydrogens (tertiary/aromatic N) is 5. The number of piperazine rings is 1. The summed E-state index contributed by atoms with van der Waals surface area (Å²) in [6, 6.07) is 8.42. The van der Waals surface area contributed by atoms with Crippen LogP contribution in [0.4, 0.5) is 19.1 Å². The molecule has 3 heterocycles. The monoisotopic (exact) mass is 539 g/mol. The number of hydrogen-bond donors (Lipinski definition) is 3. The third-order valence-electron chi connectivity index (χ3n) is 7.00. The van der Waals surface area contributed by atoms with Crippen molar-refractivity contribution in [2.45, 2.75) is 57.0 Å². The molecule has 2 aliphatic rings. The summed E-state index contributed by atoms with van der Waals surface area (Å²) >= 11 is 0. The van der Waals surface area contributed by atoms with E-state index in [0.717, 1.165) is 62.2 Å². The van der Waals surface area contributed by atoms with E-state index in [9.17, 15) is 18.3 Å². The van der Waals surface area contributed by atoms with Crippen LogP contribution in [-0.4, -0.2) is 74.8 Å². The molecule has 0 amide bonds. The Morgan fingerprint density at radius 1 is 1.05 bits per heavy atom. The van der Waals surface area contributed by atoms with E-state index in [1.165, 1.54) is 5.56 Å². The summed E-state index contributed by atoms with van der Waals surface area (Å²) in [4.78, 5) is 11.3. The summed E-state index contributed by atoms with van der Waals surface area (Å²) in [6.45, 7) is 4.68. The Hall–Kier alpha value is -2.47. The molecule has 0 unspecified atom stereocenters. The number of aliphatic hydroxyl groups is 1. The lowest BCUT2D eigenvalue weighted by Crippen LogP contribution is -2.42. The van der Waals surface area contributed by atoms with Gasteiger partial charge in [-0.2, -0.15) is 23.3 Å². The summed E-state index contributed by atoms with van der Waals surface area (Å²) in [5.41, 5.74) is 3.53. The van der Waals surface area contributed by atoms with Crippen LogP contribution in [0.2, 0.25) is 0 Å². The van der Waals surface area contributed by atoms with E-state index in [2.05, 4.69) is 49.8 Å². The maximum absolute atomic E-state index is 12.6. The summed E-state index contributed by atoms with van der Waals surface area (Å²) in [5, 5.41) is 21.7. The molecule has 0 spiro atoms. The lowest BCUT2D eigenvalue weighted by atomic mass is 9.93. The van der Waals surface area contributed by atoms with Crippen molar-refractivity contribution >= 4 is 29.4 Å². The van der Waals surface area contributed by atoms with Gasteiger partial charge in [-0.3, -0.25) is 4.90 Å². The molecule has 1 aliphatic carbocycles. The third kappa shape index (κ3) is 6.90. The zero-order valence-corrected chi connectivity index (χ0v) is 21.4. The average Bonchev–Trinajstić information content (AvgIpc) is 3.24. The number of halogens is 4. The number of hydrogen-bond acceptors (Lipinski definition) is 7. The normalized spacial score (nSPS) is 21.1. The molecular weight excluding hydrogens is 507 g/mol. The van der Waals surface area contributed by atoms with Crippen LogP contribution in [0.5, 0.6) is 0 Å². The van der Waals surface area contributed by atoms with Crippen molar-refractivity contribution < 1.29 is 18.3 Å². The highest BCUT2D eigenvalue weighted by Crippen LogP contribution is 2.34. The zero-order valence-electron chi connectivity index (χ0n) is 20.5. The smallest absolute Gasteiger partial charge is 0.390 e. The Bertz CT molecular complexity index is 1160. The first-order valence-corrected chi connectivity index (χ1v) is 12.6. The van der Waals surface area contributed by atoms with E-state index in [1.807, 2.05) is 4.68 Å². The molecular formula is C25H33ClF3N7O. The predicted octanol–water partition coefficient (Wildman–Crippen LogP) is 4.16. The van der Waals surface area contributed by atoms with Crippen molar-refractivity contribution in [2.75, 3.05) is 38.0 Å². The minimum absolute atomic E-state index is 0. The molecule has 2 aromatic heterocycles. The van der Waals surface area contributed by atoms with Crippen LogP contribution in [0, 0.1) is 0 Å². The van der Waals surface area contributed by atoms with Gasteiger partial charge in [-0.15, -0.1) is 12.4 Å². The quantitative estimate of drug-likeness (QED) is 0.415. The third-order valence-corrected chi connectivity index (χ3v) is 7.00. The Morgan fingerprint density at radius 3 is 2.43 bits per heavy atom. The second-order valence-corrected chi connectivity index (χ2v) is 9.70. The molecule has 202 valence electrons. The molecule has 2 fully saturated rings. The molecule has 1 aliphatic heterocycles. The minimum atomic E-state index is -4.24. The van der Waals surface area contributed by atoms with Crippen LogP contribution in [0.15, 0.2) is 30.5 Å². The Kier molecular flexibility index (Phi) is 8.89. The van der Waals surface area contributed by atoms with Crippen LogP contribution in [0.1, 0.15) is 43.7 Å². The number of aromatic nitrogens is 4. The van der Waals surface area contributed by atoms with Crippen molar-refractivity contribution in [3.63, 3.8) is 0 Å². The largest absolute Gasteiger partial charge is 0.393 e. The summed E-state index contributed by atoms with van der Waals surface area (Å²) in [5.74, 6) is 0.154. The number of fused-ring (bicyclic) bond motifs is 1. The number of rotatable bonds is 7. The molecule has 8 nitrogen and oxygen atoms in total. The maximum Gasteiger partial charge on any atom is 0.390 e. The fraction of sp³-hybridized carbons (Fsp3) is 0.560. The fourth-order valence-corrected chi connectivity index (χ4v) is 4.99. The summed E-state index contributed by atoms with van der Waals surface area (Å²) < 4.78 is 39.6. The van der Waals surface area contributed by atoms with Gasteiger partial charge in [0.05, 0.1) is 24.0 Å². The fourth-order valence-electron chi connectivity index (χ4n) is 4.99. The molecule has 1 saturated carbocycles.